The van der Waals surface area contributed by atoms with Gasteiger partial charge in [-0.15, -0.1) is 0 Å². The largest absolute Gasteiger partial charge is 0.489 e. The Balaban J connectivity index is 1.52. The topological polar surface area (TPSA) is 59.4 Å². The average molecular weight is 328 g/mol. The number of amides is 1. The number of nitrogens with zero attached hydrogens (tertiary/aromatic N) is 3. The zero-order chi connectivity index (χ0) is 16.9. The van der Waals surface area contributed by atoms with Crippen molar-refractivity contribution in [2.24, 2.45) is 7.05 Å². The zero-order valence-corrected chi connectivity index (χ0v) is 14.2. The van der Waals surface area contributed by atoms with E-state index in [4.69, 9.17) is 4.74 Å². The van der Waals surface area contributed by atoms with Crippen molar-refractivity contribution >= 4 is 5.91 Å². The summed E-state index contributed by atoms with van der Waals surface area (Å²) in [6.07, 6.45) is 5.02. The van der Waals surface area contributed by atoms with Crippen molar-refractivity contribution in [1.29, 1.82) is 0 Å². The number of hydrogen-bond acceptors (Lipinski definition) is 4. The molecule has 3 rings (SSSR count). The van der Waals surface area contributed by atoms with Crippen LogP contribution in [0.1, 0.15) is 24.7 Å². The first-order chi connectivity index (χ1) is 11.6. The van der Waals surface area contributed by atoms with Crippen LogP contribution in [0.2, 0.25) is 0 Å². The predicted molar refractivity (Wildman–Crippen MR) is 91.5 cm³/mol. The maximum absolute atomic E-state index is 11.0. The molecule has 1 unspecified atom stereocenters. The second kappa shape index (κ2) is 7.49. The van der Waals surface area contributed by atoms with Crippen LogP contribution in [0.5, 0.6) is 5.75 Å². The van der Waals surface area contributed by atoms with E-state index in [-0.39, 0.29) is 12.0 Å². The third kappa shape index (κ3) is 4.35. The number of hydrogen-bond donors (Lipinski definition) is 1. The highest BCUT2D eigenvalue weighted by Gasteiger charge is 2.24. The number of likely N-dealkylation sites (tertiary alicyclic amines) is 1. The molecule has 0 aromatic carbocycles. The minimum Gasteiger partial charge on any atom is -0.489 e. The molecule has 1 aliphatic rings. The molecule has 0 bridgehead atoms. The van der Waals surface area contributed by atoms with E-state index in [1.807, 2.05) is 12.1 Å². The molecule has 2 aromatic rings. The van der Waals surface area contributed by atoms with Crippen LogP contribution >= 0.6 is 0 Å². The lowest BCUT2D eigenvalue weighted by molar-refractivity contribution is -0.119. The first-order valence-electron chi connectivity index (χ1n) is 8.29. The van der Waals surface area contributed by atoms with Crippen LogP contribution in [0.3, 0.4) is 0 Å². The van der Waals surface area contributed by atoms with E-state index in [0.29, 0.717) is 6.54 Å². The second-order valence-corrected chi connectivity index (χ2v) is 6.27. The van der Waals surface area contributed by atoms with E-state index in [1.54, 1.807) is 6.20 Å². The van der Waals surface area contributed by atoms with Gasteiger partial charge in [-0.3, -0.25) is 14.7 Å². The van der Waals surface area contributed by atoms with Crippen molar-refractivity contribution < 1.29 is 9.53 Å². The van der Waals surface area contributed by atoms with E-state index >= 15 is 0 Å². The number of carbonyl (C=O) groups is 1. The van der Waals surface area contributed by atoms with Gasteiger partial charge in [0, 0.05) is 57.8 Å². The summed E-state index contributed by atoms with van der Waals surface area (Å²) in [5.74, 6) is 0.756. The Hall–Kier alpha value is -2.34. The van der Waals surface area contributed by atoms with Gasteiger partial charge in [-0.1, -0.05) is 0 Å². The molecule has 0 aliphatic carbocycles. The Morgan fingerprint density at radius 2 is 2.33 bits per heavy atom. The van der Waals surface area contributed by atoms with Crippen LogP contribution in [0.4, 0.5) is 0 Å². The Bertz CT molecular complexity index is 698. The van der Waals surface area contributed by atoms with Crippen LogP contribution in [-0.4, -0.2) is 39.6 Å². The smallest absolute Gasteiger partial charge is 0.217 e. The molecule has 0 saturated carbocycles. The van der Waals surface area contributed by atoms with Crippen molar-refractivity contribution in [3.05, 3.63) is 48.0 Å². The quantitative estimate of drug-likeness (QED) is 0.877. The van der Waals surface area contributed by atoms with Gasteiger partial charge in [-0.2, -0.15) is 0 Å². The number of pyridine rings is 1. The van der Waals surface area contributed by atoms with Crippen LogP contribution in [0.15, 0.2) is 36.7 Å². The zero-order valence-electron chi connectivity index (χ0n) is 14.2. The van der Waals surface area contributed by atoms with Crippen LogP contribution < -0.4 is 10.1 Å². The summed E-state index contributed by atoms with van der Waals surface area (Å²) in [4.78, 5) is 17.7. The minimum atomic E-state index is -0.0600. The summed E-state index contributed by atoms with van der Waals surface area (Å²) < 4.78 is 8.26. The molecule has 1 atom stereocenters. The van der Waals surface area contributed by atoms with Gasteiger partial charge in [0.05, 0.1) is 12.2 Å². The molecule has 2 aromatic heterocycles. The number of aryl methyl sites for hydroxylation is 1. The maximum Gasteiger partial charge on any atom is 0.217 e. The summed E-state index contributed by atoms with van der Waals surface area (Å²) in [6, 6.07) is 8.01. The van der Waals surface area contributed by atoms with Gasteiger partial charge in [0.2, 0.25) is 5.91 Å². The molecule has 0 spiro atoms. The fourth-order valence-corrected chi connectivity index (χ4v) is 2.96. The third-order valence-electron chi connectivity index (χ3n) is 4.28. The summed E-state index contributed by atoms with van der Waals surface area (Å²) in [7, 11) is 2.08. The lowest BCUT2D eigenvalue weighted by atomic mass is 10.3. The monoisotopic (exact) mass is 328 g/mol. The molecule has 6 nitrogen and oxygen atoms in total. The molecule has 1 N–H and O–H groups in total. The Labute approximate surface area is 142 Å². The van der Waals surface area contributed by atoms with E-state index in [2.05, 4.69) is 45.1 Å². The maximum atomic E-state index is 11.0. The molecule has 1 aliphatic heterocycles. The summed E-state index contributed by atoms with van der Waals surface area (Å²) >= 11 is 0. The van der Waals surface area contributed by atoms with Crippen LogP contribution in [0.25, 0.3) is 0 Å². The van der Waals surface area contributed by atoms with Crippen molar-refractivity contribution in [3.63, 3.8) is 0 Å². The third-order valence-corrected chi connectivity index (χ3v) is 4.28. The molecule has 0 radical (unpaired) electrons. The van der Waals surface area contributed by atoms with Gasteiger partial charge in [-0.25, -0.2) is 0 Å². The molecule has 6 heteroatoms. The highest BCUT2D eigenvalue weighted by molar-refractivity contribution is 5.72. The fraction of sp³-hybridized carbons (Fsp3) is 0.444. The number of rotatable bonds is 6. The Morgan fingerprint density at radius 3 is 3.08 bits per heavy atom. The number of nitrogens with one attached hydrogen (secondary N) is 1. The lowest BCUT2D eigenvalue weighted by Crippen LogP contribution is -2.25. The van der Waals surface area contributed by atoms with Crippen LogP contribution in [0, 0.1) is 0 Å². The summed E-state index contributed by atoms with van der Waals surface area (Å²) in [5, 5.41) is 2.75. The van der Waals surface area contributed by atoms with Crippen molar-refractivity contribution in [2.45, 2.75) is 32.5 Å². The van der Waals surface area contributed by atoms with Gasteiger partial charge in [0.15, 0.2) is 0 Å². The Morgan fingerprint density at radius 1 is 1.46 bits per heavy atom. The Kier molecular flexibility index (Phi) is 5.15. The predicted octanol–water partition coefficient (Wildman–Crippen LogP) is 1.71. The molecular formula is C18H24N4O2. The van der Waals surface area contributed by atoms with E-state index < -0.39 is 0 Å². The number of ether oxygens (including phenoxy) is 1. The first kappa shape index (κ1) is 16.5. The number of carbonyl (C=O) groups excluding carboxylic acids is 1. The SMILES string of the molecule is CC(=O)NCc1cc(OC2CCN(Cc3cccn3C)C2)ccn1. The van der Waals surface area contributed by atoms with Crippen LogP contribution in [-0.2, 0) is 24.9 Å². The van der Waals surface area contributed by atoms with Gasteiger partial charge in [0.25, 0.3) is 0 Å². The number of aromatic nitrogens is 2. The molecule has 1 amide bonds. The molecule has 3 heterocycles. The molecule has 24 heavy (non-hydrogen) atoms. The molecule has 1 fully saturated rings. The van der Waals surface area contributed by atoms with Crippen molar-refractivity contribution in [1.82, 2.24) is 19.8 Å². The standard InChI is InChI=1S/C18H24N4O2/c1-14(23)20-11-15-10-17(5-7-19-15)24-18-6-9-22(13-18)12-16-4-3-8-21(16)2/h3-5,7-8,10,18H,6,9,11-13H2,1-2H3,(H,20,23). The van der Waals surface area contributed by atoms with Crippen molar-refractivity contribution in [2.75, 3.05) is 13.1 Å². The summed E-state index contributed by atoms with van der Waals surface area (Å²) in [6.45, 7) is 4.85. The second-order valence-electron chi connectivity index (χ2n) is 6.27. The van der Waals surface area contributed by atoms with E-state index in [9.17, 15) is 4.79 Å². The van der Waals surface area contributed by atoms with Crippen molar-refractivity contribution in [3.8, 4) is 5.75 Å². The van der Waals surface area contributed by atoms with Gasteiger partial charge < -0.3 is 14.6 Å². The highest BCUT2D eigenvalue weighted by Crippen LogP contribution is 2.20. The fourth-order valence-electron chi connectivity index (χ4n) is 2.96. The normalized spacial score (nSPS) is 17.8. The van der Waals surface area contributed by atoms with Gasteiger partial charge in [-0.05, 0) is 24.6 Å². The van der Waals surface area contributed by atoms with E-state index in [0.717, 1.165) is 37.5 Å². The van der Waals surface area contributed by atoms with E-state index in [1.165, 1.54) is 12.6 Å². The van der Waals surface area contributed by atoms with Gasteiger partial charge >= 0.3 is 0 Å². The first-order valence-corrected chi connectivity index (χ1v) is 8.29. The minimum absolute atomic E-state index is 0.0600. The molecule has 128 valence electrons. The summed E-state index contributed by atoms with van der Waals surface area (Å²) in [5.41, 5.74) is 2.12. The van der Waals surface area contributed by atoms with Gasteiger partial charge in [0.1, 0.15) is 11.9 Å². The lowest BCUT2D eigenvalue weighted by Gasteiger charge is -2.17. The molecule has 1 saturated heterocycles. The molecular weight excluding hydrogens is 304 g/mol. The average Bonchev–Trinajstić information content (AvgIpc) is 3.16. The highest BCUT2D eigenvalue weighted by atomic mass is 16.5.